The minimum Gasteiger partial charge on any atom is -0.352 e. The largest absolute Gasteiger partial charge is 0.472 e. The van der Waals surface area contributed by atoms with E-state index in [1.807, 2.05) is 6.92 Å². The summed E-state index contributed by atoms with van der Waals surface area (Å²) >= 11 is 0. The number of aromatic nitrogens is 2. The Labute approximate surface area is 149 Å². The van der Waals surface area contributed by atoms with Gasteiger partial charge in [-0.25, -0.2) is 9.36 Å². The molecule has 2 N–H and O–H groups in total. The minimum atomic E-state index is -4.08. The summed E-state index contributed by atoms with van der Waals surface area (Å²) in [6.45, 7) is 2.00. The monoisotopic (exact) mass is 407 g/mol. The van der Waals surface area contributed by atoms with E-state index in [1.165, 1.54) is 16.8 Å². The molecule has 3 atom stereocenters. The summed E-state index contributed by atoms with van der Waals surface area (Å²) in [5, 5.41) is 0. The van der Waals surface area contributed by atoms with Crippen LogP contribution >= 0.6 is 7.82 Å². The molecule has 1 aliphatic heterocycles. The van der Waals surface area contributed by atoms with Crippen LogP contribution in [-0.4, -0.2) is 33.8 Å². The summed E-state index contributed by atoms with van der Waals surface area (Å²) in [4.78, 5) is 34.4. The number of rotatable bonds is 8. The molecule has 1 radical (unpaired) electrons. The van der Waals surface area contributed by atoms with Crippen LogP contribution in [0.5, 0.6) is 0 Å². The van der Waals surface area contributed by atoms with Gasteiger partial charge in [0.25, 0.3) is 5.56 Å². The molecular formula is C13H21CoN2O7P. The smallest absolute Gasteiger partial charge is 0.352 e. The molecule has 1 fully saturated rings. The van der Waals surface area contributed by atoms with Crippen molar-refractivity contribution < 1.29 is 40.0 Å². The summed E-state index contributed by atoms with van der Waals surface area (Å²) in [7, 11) is -4.08. The molecule has 1 unspecified atom stereocenters. The number of H-pyrrole nitrogens is 1. The van der Waals surface area contributed by atoms with Crippen LogP contribution in [0.15, 0.2) is 21.9 Å². The Hall–Kier alpha value is -0.744. The Bertz CT molecular complexity index is 677. The van der Waals surface area contributed by atoms with E-state index >= 15 is 0 Å². The Morgan fingerprint density at radius 2 is 2.17 bits per heavy atom. The molecule has 1 aliphatic rings. The van der Waals surface area contributed by atoms with E-state index in [9.17, 15) is 19.0 Å². The van der Waals surface area contributed by atoms with Crippen LogP contribution in [0.2, 0.25) is 0 Å². The standard InChI is InChI=1S/C13H21N2O7P.Co/c1-2-3-8-20-23(18,19)21-9-10-4-5-12(22-10)15-7-6-11(16)14-13(15)17;/h6-7,10,12H,2-5,8-9H2,1H3,(H,18,19)(H,14,16,17);/t10-,12-;/m1./s1. The van der Waals surface area contributed by atoms with Gasteiger partial charge in [0, 0.05) is 29.0 Å². The molecule has 0 saturated carbocycles. The number of unbranched alkanes of at least 4 members (excludes halogenated alkanes) is 1. The number of ether oxygens (including phenoxy) is 1. The fourth-order valence-electron chi connectivity index (χ4n) is 2.21. The molecule has 2 heterocycles. The zero-order chi connectivity index (χ0) is 16.9. The fraction of sp³-hybridized carbons (Fsp3) is 0.692. The maximum atomic E-state index is 11.7. The van der Waals surface area contributed by atoms with Crippen molar-refractivity contribution in [2.45, 2.75) is 44.9 Å². The average Bonchev–Trinajstić information content (AvgIpc) is 2.94. The van der Waals surface area contributed by atoms with Crippen molar-refractivity contribution in [2.75, 3.05) is 13.2 Å². The van der Waals surface area contributed by atoms with Gasteiger partial charge in [-0.3, -0.25) is 23.4 Å². The summed E-state index contributed by atoms with van der Waals surface area (Å²) in [6.07, 6.45) is 3.02. The van der Waals surface area contributed by atoms with E-state index in [-0.39, 0.29) is 30.0 Å². The number of nitrogens with zero attached hydrogens (tertiary/aromatic N) is 1. The summed E-state index contributed by atoms with van der Waals surface area (Å²) in [5.74, 6) is 0. The van der Waals surface area contributed by atoms with Gasteiger partial charge in [0.1, 0.15) is 6.23 Å². The van der Waals surface area contributed by atoms with Crippen molar-refractivity contribution in [3.8, 4) is 0 Å². The Morgan fingerprint density at radius 1 is 1.42 bits per heavy atom. The zero-order valence-electron chi connectivity index (χ0n) is 13.2. The van der Waals surface area contributed by atoms with Crippen LogP contribution in [0.25, 0.3) is 0 Å². The normalized spacial score (nSPS) is 22.8. The van der Waals surface area contributed by atoms with Crippen LogP contribution in [-0.2, 0) is 35.1 Å². The zero-order valence-corrected chi connectivity index (χ0v) is 15.1. The van der Waals surface area contributed by atoms with Gasteiger partial charge in [0.15, 0.2) is 0 Å². The molecule has 0 amide bonds. The first-order valence-electron chi connectivity index (χ1n) is 7.50. The van der Waals surface area contributed by atoms with Gasteiger partial charge in [0.2, 0.25) is 0 Å². The number of nitrogens with one attached hydrogen (secondary N) is 1. The first-order chi connectivity index (χ1) is 10.9. The second kappa shape index (κ2) is 9.67. The maximum Gasteiger partial charge on any atom is 0.472 e. The molecule has 139 valence electrons. The van der Waals surface area contributed by atoms with Gasteiger partial charge in [-0.1, -0.05) is 13.3 Å². The van der Waals surface area contributed by atoms with E-state index in [4.69, 9.17) is 13.8 Å². The molecule has 11 heteroatoms. The third kappa shape index (κ3) is 6.28. The summed E-state index contributed by atoms with van der Waals surface area (Å²) in [6, 6.07) is 1.23. The summed E-state index contributed by atoms with van der Waals surface area (Å²) in [5.41, 5.74) is -1.03. The molecule has 1 aromatic heterocycles. The van der Waals surface area contributed by atoms with E-state index in [0.29, 0.717) is 19.3 Å². The van der Waals surface area contributed by atoms with Gasteiger partial charge in [0.05, 0.1) is 19.3 Å². The van der Waals surface area contributed by atoms with E-state index in [2.05, 4.69) is 4.98 Å². The van der Waals surface area contributed by atoms with Crippen molar-refractivity contribution in [3.05, 3.63) is 33.1 Å². The maximum absolute atomic E-state index is 11.7. The quantitative estimate of drug-likeness (QED) is 0.490. The van der Waals surface area contributed by atoms with Crippen molar-refractivity contribution >= 4 is 7.82 Å². The Morgan fingerprint density at radius 3 is 2.83 bits per heavy atom. The molecule has 2 rings (SSSR count). The van der Waals surface area contributed by atoms with Crippen molar-refractivity contribution in [1.29, 1.82) is 0 Å². The first kappa shape index (κ1) is 21.3. The Balaban J connectivity index is 0.00000288. The molecule has 9 nitrogen and oxygen atoms in total. The first-order valence-corrected chi connectivity index (χ1v) is 8.99. The predicted molar refractivity (Wildman–Crippen MR) is 81.1 cm³/mol. The van der Waals surface area contributed by atoms with Crippen molar-refractivity contribution in [2.24, 2.45) is 0 Å². The topological polar surface area (TPSA) is 120 Å². The van der Waals surface area contributed by atoms with Crippen LogP contribution in [0, 0.1) is 0 Å². The van der Waals surface area contributed by atoms with Gasteiger partial charge < -0.3 is 9.63 Å². The van der Waals surface area contributed by atoms with Crippen LogP contribution in [0.1, 0.15) is 38.8 Å². The molecule has 1 saturated heterocycles. The number of hydrogen-bond acceptors (Lipinski definition) is 6. The van der Waals surface area contributed by atoms with Gasteiger partial charge in [-0.15, -0.1) is 0 Å². The van der Waals surface area contributed by atoms with Crippen LogP contribution in [0.4, 0.5) is 0 Å². The molecule has 0 spiro atoms. The SMILES string of the molecule is CCCCOP(=O)(O)OC[C@H]1CC[C@H](n2ccc(=O)[nH]c2=O)O1.[Co]. The fourth-order valence-corrected chi connectivity index (χ4v) is 3.00. The number of phosphoric ester groups is 1. The minimum absolute atomic E-state index is 0. The molecule has 24 heavy (non-hydrogen) atoms. The van der Waals surface area contributed by atoms with Crippen molar-refractivity contribution in [1.82, 2.24) is 9.55 Å². The number of hydrogen-bond donors (Lipinski definition) is 2. The second-order valence-corrected chi connectivity index (χ2v) is 6.71. The van der Waals surface area contributed by atoms with E-state index in [0.717, 1.165) is 6.42 Å². The molecule has 0 aliphatic carbocycles. The second-order valence-electron chi connectivity index (χ2n) is 5.26. The van der Waals surface area contributed by atoms with Crippen LogP contribution in [0.3, 0.4) is 0 Å². The van der Waals surface area contributed by atoms with E-state index in [1.54, 1.807) is 0 Å². The van der Waals surface area contributed by atoms with Gasteiger partial charge >= 0.3 is 13.5 Å². The number of aromatic amines is 1. The Kier molecular flexibility index (Phi) is 8.58. The third-order valence-corrected chi connectivity index (χ3v) is 4.41. The summed E-state index contributed by atoms with van der Waals surface area (Å²) < 4.78 is 28.3. The van der Waals surface area contributed by atoms with E-state index < -0.39 is 31.4 Å². The van der Waals surface area contributed by atoms with Crippen molar-refractivity contribution in [3.63, 3.8) is 0 Å². The molecule has 0 bridgehead atoms. The predicted octanol–water partition coefficient (Wildman–Crippen LogP) is 1.15. The third-order valence-electron chi connectivity index (χ3n) is 3.42. The van der Waals surface area contributed by atoms with Gasteiger partial charge in [-0.05, 0) is 19.3 Å². The molecule has 1 aromatic rings. The van der Waals surface area contributed by atoms with Gasteiger partial charge in [-0.2, -0.15) is 0 Å². The molecular weight excluding hydrogens is 386 g/mol. The molecule has 0 aromatic carbocycles. The van der Waals surface area contributed by atoms with Crippen LogP contribution < -0.4 is 11.2 Å². The number of phosphoric acid groups is 1. The average molecular weight is 407 g/mol.